The van der Waals surface area contributed by atoms with Crippen molar-refractivity contribution in [3.05, 3.63) is 11.1 Å². The van der Waals surface area contributed by atoms with E-state index in [2.05, 4.69) is 15.2 Å². The van der Waals surface area contributed by atoms with Gasteiger partial charge in [0.15, 0.2) is 5.13 Å². The molecule has 1 amide bonds. The highest BCUT2D eigenvalue weighted by molar-refractivity contribution is 7.13. The van der Waals surface area contributed by atoms with Crippen LogP contribution in [-0.2, 0) is 0 Å². The molecule has 3 N–H and O–H groups in total. The lowest BCUT2D eigenvalue weighted by molar-refractivity contribution is 0.0911. The Morgan fingerprint density at radius 1 is 1.44 bits per heavy atom. The summed E-state index contributed by atoms with van der Waals surface area (Å²) >= 11 is 1.31. The number of piperidine rings is 1. The zero-order valence-electron chi connectivity index (χ0n) is 10.3. The minimum atomic E-state index is -0.0830. The number of carbonyl (C=O) groups is 1. The number of thiazole rings is 1. The highest BCUT2D eigenvalue weighted by Gasteiger charge is 2.36. The van der Waals surface area contributed by atoms with E-state index in [0.29, 0.717) is 16.9 Å². The number of nitrogens with zero attached hydrogens (tertiary/aromatic N) is 2. The number of nitrogens with one attached hydrogen (secondary N) is 1. The lowest BCUT2D eigenvalue weighted by Gasteiger charge is -2.32. The molecule has 0 spiro atoms. The van der Waals surface area contributed by atoms with Gasteiger partial charge in [-0.15, -0.1) is 11.3 Å². The molecule has 1 aromatic heterocycles. The number of fused-ring (bicyclic) bond motifs is 1. The van der Waals surface area contributed by atoms with Crippen molar-refractivity contribution in [2.45, 2.75) is 37.8 Å². The van der Waals surface area contributed by atoms with Gasteiger partial charge in [0.05, 0.1) is 0 Å². The maximum absolute atomic E-state index is 12.0. The molecule has 6 heteroatoms. The number of amides is 1. The predicted octanol–water partition coefficient (Wildman–Crippen LogP) is 1.08. The van der Waals surface area contributed by atoms with Crippen molar-refractivity contribution < 1.29 is 4.79 Å². The molecular weight excluding hydrogens is 248 g/mol. The first-order chi connectivity index (χ1) is 8.74. The standard InChI is InChI=1S/C12H18N4OS/c13-12-15-9(7-18-12)11(17)14-8-4-6-16-5-2-1-3-10(8)16/h7-8,10H,1-6H2,(H2,13,15)(H,14,17). The van der Waals surface area contributed by atoms with Gasteiger partial charge in [-0.3, -0.25) is 9.69 Å². The van der Waals surface area contributed by atoms with Crippen molar-refractivity contribution in [3.63, 3.8) is 0 Å². The molecular formula is C12H18N4OS. The monoisotopic (exact) mass is 266 g/mol. The summed E-state index contributed by atoms with van der Waals surface area (Å²) in [5.41, 5.74) is 6.00. The van der Waals surface area contributed by atoms with Crippen LogP contribution in [0, 0.1) is 0 Å². The summed E-state index contributed by atoms with van der Waals surface area (Å²) in [6.45, 7) is 2.29. The first-order valence-electron chi connectivity index (χ1n) is 6.50. The highest BCUT2D eigenvalue weighted by atomic mass is 32.1. The second kappa shape index (κ2) is 4.85. The summed E-state index contributed by atoms with van der Waals surface area (Å²) in [5.74, 6) is -0.0830. The van der Waals surface area contributed by atoms with Crippen LogP contribution in [0.25, 0.3) is 0 Å². The summed E-state index contributed by atoms with van der Waals surface area (Å²) in [6.07, 6.45) is 4.82. The fourth-order valence-corrected chi connectivity index (χ4v) is 3.59. The molecule has 5 nitrogen and oxygen atoms in total. The first-order valence-corrected chi connectivity index (χ1v) is 7.38. The van der Waals surface area contributed by atoms with Gasteiger partial charge < -0.3 is 11.1 Å². The SMILES string of the molecule is Nc1nc(C(=O)NC2CCN3CCCCC23)cs1. The van der Waals surface area contributed by atoms with Gasteiger partial charge in [-0.25, -0.2) is 4.98 Å². The largest absolute Gasteiger partial charge is 0.375 e. The molecule has 0 saturated carbocycles. The first kappa shape index (κ1) is 11.9. The summed E-state index contributed by atoms with van der Waals surface area (Å²) in [4.78, 5) is 18.6. The van der Waals surface area contributed by atoms with Crippen LogP contribution in [0.4, 0.5) is 5.13 Å². The van der Waals surface area contributed by atoms with E-state index in [-0.39, 0.29) is 11.9 Å². The Labute approximate surface area is 110 Å². The molecule has 0 bridgehead atoms. The van der Waals surface area contributed by atoms with E-state index >= 15 is 0 Å². The second-order valence-corrected chi connectivity index (χ2v) is 5.93. The molecule has 0 aliphatic carbocycles. The third-order valence-corrected chi connectivity index (χ3v) is 4.60. The van der Waals surface area contributed by atoms with E-state index in [4.69, 9.17) is 5.73 Å². The number of hydrogen-bond acceptors (Lipinski definition) is 5. The summed E-state index contributed by atoms with van der Waals surface area (Å²) < 4.78 is 0. The van der Waals surface area contributed by atoms with E-state index < -0.39 is 0 Å². The topological polar surface area (TPSA) is 71.2 Å². The van der Waals surface area contributed by atoms with Crippen LogP contribution in [0.5, 0.6) is 0 Å². The summed E-state index contributed by atoms with van der Waals surface area (Å²) in [7, 11) is 0. The number of aromatic nitrogens is 1. The molecule has 2 aliphatic rings. The van der Waals surface area contributed by atoms with Crippen molar-refractivity contribution in [1.29, 1.82) is 0 Å². The van der Waals surface area contributed by atoms with Gasteiger partial charge in [-0.2, -0.15) is 0 Å². The second-order valence-electron chi connectivity index (χ2n) is 5.04. The lowest BCUT2D eigenvalue weighted by atomic mass is 9.99. The molecule has 1 aromatic rings. The zero-order chi connectivity index (χ0) is 12.5. The summed E-state index contributed by atoms with van der Waals surface area (Å²) in [6, 6.07) is 0.805. The third kappa shape index (κ3) is 2.22. The maximum Gasteiger partial charge on any atom is 0.271 e. The Kier molecular flexibility index (Phi) is 3.22. The number of nitrogens with two attached hydrogens (primary N) is 1. The van der Waals surface area contributed by atoms with Crippen molar-refractivity contribution >= 4 is 22.4 Å². The van der Waals surface area contributed by atoms with Gasteiger partial charge in [0.1, 0.15) is 5.69 Å². The van der Waals surface area contributed by atoms with Crippen LogP contribution in [0.1, 0.15) is 36.2 Å². The van der Waals surface area contributed by atoms with E-state index in [1.165, 1.54) is 37.1 Å². The highest BCUT2D eigenvalue weighted by Crippen LogP contribution is 2.27. The number of hydrogen-bond donors (Lipinski definition) is 2. The molecule has 2 saturated heterocycles. The minimum absolute atomic E-state index is 0.0830. The third-order valence-electron chi connectivity index (χ3n) is 3.93. The van der Waals surface area contributed by atoms with Crippen molar-refractivity contribution in [3.8, 4) is 0 Å². The average Bonchev–Trinajstić information content (AvgIpc) is 2.97. The fraction of sp³-hybridized carbons (Fsp3) is 0.667. The van der Waals surface area contributed by atoms with E-state index in [1.54, 1.807) is 5.38 Å². The van der Waals surface area contributed by atoms with Crippen LogP contribution in [0.3, 0.4) is 0 Å². The molecule has 2 unspecified atom stereocenters. The van der Waals surface area contributed by atoms with Crippen LogP contribution in [-0.4, -0.2) is 41.0 Å². The Hall–Kier alpha value is -1.14. The molecule has 2 fully saturated rings. The Morgan fingerprint density at radius 2 is 2.33 bits per heavy atom. The number of nitrogen functional groups attached to an aromatic ring is 1. The molecule has 3 heterocycles. The summed E-state index contributed by atoms with van der Waals surface area (Å²) in [5, 5.41) is 5.29. The van der Waals surface area contributed by atoms with Gasteiger partial charge >= 0.3 is 0 Å². The van der Waals surface area contributed by atoms with Gasteiger partial charge in [0, 0.05) is 24.0 Å². The molecule has 2 atom stereocenters. The van der Waals surface area contributed by atoms with Crippen molar-refractivity contribution in [2.24, 2.45) is 0 Å². The van der Waals surface area contributed by atoms with Gasteiger partial charge in [-0.1, -0.05) is 6.42 Å². The molecule has 0 radical (unpaired) electrons. The lowest BCUT2D eigenvalue weighted by Crippen LogP contribution is -2.46. The van der Waals surface area contributed by atoms with Crippen LogP contribution in [0.2, 0.25) is 0 Å². The normalized spacial score (nSPS) is 28.0. The molecule has 2 aliphatic heterocycles. The molecule has 0 aromatic carbocycles. The molecule has 18 heavy (non-hydrogen) atoms. The Morgan fingerprint density at radius 3 is 3.11 bits per heavy atom. The minimum Gasteiger partial charge on any atom is -0.375 e. The van der Waals surface area contributed by atoms with E-state index in [0.717, 1.165) is 13.0 Å². The predicted molar refractivity (Wildman–Crippen MR) is 71.6 cm³/mol. The van der Waals surface area contributed by atoms with Crippen molar-refractivity contribution in [1.82, 2.24) is 15.2 Å². The molecule has 98 valence electrons. The number of carbonyl (C=O) groups excluding carboxylic acids is 1. The van der Waals surface area contributed by atoms with E-state index in [9.17, 15) is 4.79 Å². The van der Waals surface area contributed by atoms with Gasteiger partial charge in [0.25, 0.3) is 5.91 Å². The smallest absolute Gasteiger partial charge is 0.271 e. The number of rotatable bonds is 2. The van der Waals surface area contributed by atoms with Crippen molar-refractivity contribution in [2.75, 3.05) is 18.8 Å². The van der Waals surface area contributed by atoms with E-state index in [1.807, 2.05) is 0 Å². The fourth-order valence-electron chi connectivity index (χ4n) is 3.05. The quantitative estimate of drug-likeness (QED) is 0.840. The zero-order valence-corrected chi connectivity index (χ0v) is 11.1. The van der Waals surface area contributed by atoms with Crippen LogP contribution >= 0.6 is 11.3 Å². The number of anilines is 1. The average molecular weight is 266 g/mol. The van der Waals surface area contributed by atoms with Crippen LogP contribution in [0.15, 0.2) is 5.38 Å². The van der Waals surface area contributed by atoms with Gasteiger partial charge in [0.2, 0.25) is 0 Å². The molecule has 3 rings (SSSR count). The Bertz CT molecular complexity index is 447. The van der Waals surface area contributed by atoms with Crippen LogP contribution < -0.4 is 11.1 Å². The Balaban J connectivity index is 1.64. The maximum atomic E-state index is 12.0. The van der Waals surface area contributed by atoms with Gasteiger partial charge in [-0.05, 0) is 25.8 Å².